The Morgan fingerprint density at radius 3 is 2.56 bits per heavy atom. The van der Waals surface area contributed by atoms with Gasteiger partial charge in [-0.25, -0.2) is 9.97 Å². The van der Waals surface area contributed by atoms with Gasteiger partial charge in [0.1, 0.15) is 11.6 Å². The predicted molar refractivity (Wildman–Crippen MR) is 133 cm³/mol. The summed E-state index contributed by atoms with van der Waals surface area (Å²) in [5, 5.41) is 11.3. The molecule has 32 heavy (non-hydrogen) atoms. The zero-order valence-corrected chi connectivity index (χ0v) is 19.2. The van der Waals surface area contributed by atoms with Crippen LogP contribution in [0.5, 0.6) is 5.75 Å². The summed E-state index contributed by atoms with van der Waals surface area (Å²) in [5.74, 6) is 1.95. The number of aromatic amines is 1. The number of anilines is 1. The Labute approximate surface area is 193 Å². The lowest BCUT2D eigenvalue weighted by molar-refractivity contribution is -0.130. The summed E-state index contributed by atoms with van der Waals surface area (Å²) in [5.41, 5.74) is 1.75. The Kier molecular flexibility index (Phi) is 11.4. The second kappa shape index (κ2) is 13.8. The molecule has 1 aromatic carbocycles. The van der Waals surface area contributed by atoms with Gasteiger partial charge in [-0.15, -0.1) is 11.3 Å². The summed E-state index contributed by atoms with van der Waals surface area (Å²) in [6, 6.07) is 11.3. The van der Waals surface area contributed by atoms with Crippen molar-refractivity contribution in [3.05, 3.63) is 54.2 Å². The fraction of sp³-hybridized carbons (Fsp3) is 0.304. The van der Waals surface area contributed by atoms with Crippen LogP contribution >= 0.6 is 11.3 Å². The monoisotopic (exact) mass is 456 g/mol. The predicted octanol–water partition coefficient (Wildman–Crippen LogP) is 4.94. The van der Waals surface area contributed by atoms with Crippen LogP contribution in [0.3, 0.4) is 0 Å². The fourth-order valence-corrected chi connectivity index (χ4v) is 3.20. The number of ether oxygens (including phenoxy) is 1. The lowest BCUT2D eigenvalue weighted by Gasteiger charge is -2.12. The van der Waals surface area contributed by atoms with Crippen molar-refractivity contribution in [3.8, 4) is 17.1 Å². The number of H-pyrrole nitrogens is 1. The summed E-state index contributed by atoms with van der Waals surface area (Å²) in [6.45, 7) is 4.00. The maximum absolute atomic E-state index is 11.6. The third kappa shape index (κ3) is 7.35. The molecule has 3 heterocycles. The van der Waals surface area contributed by atoms with Gasteiger partial charge >= 0.3 is 0 Å². The zero-order chi connectivity index (χ0) is 22.6. The highest BCUT2D eigenvalue weighted by molar-refractivity contribution is 7.17. The number of hydrogen-bond donors (Lipinski definition) is 2. The first-order valence-corrected chi connectivity index (χ1v) is 10.8. The molecule has 0 spiro atoms. The Morgan fingerprint density at radius 1 is 1.19 bits per heavy atom. The highest BCUT2D eigenvalue weighted by atomic mass is 32.1. The summed E-state index contributed by atoms with van der Waals surface area (Å²) in [6.07, 6.45) is 3.46. The second-order valence-corrected chi connectivity index (χ2v) is 7.07. The zero-order valence-electron chi connectivity index (χ0n) is 18.4. The van der Waals surface area contributed by atoms with Crippen LogP contribution in [0.4, 0.5) is 5.82 Å². The van der Waals surface area contributed by atoms with Gasteiger partial charge in [-0.3, -0.25) is 9.89 Å². The number of thiophene rings is 1. The third-order valence-corrected chi connectivity index (χ3v) is 4.81. The van der Waals surface area contributed by atoms with E-state index in [1.165, 1.54) is 4.90 Å². The number of amides is 1. The molecule has 3 aromatic heterocycles. The van der Waals surface area contributed by atoms with Gasteiger partial charge in [-0.05, 0) is 29.6 Å². The molecule has 0 aliphatic carbocycles. The van der Waals surface area contributed by atoms with Crippen LogP contribution in [0, 0.1) is 0 Å². The summed E-state index contributed by atoms with van der Waals surface area (Å²) >= 11 is 1.61. The normalized spacial score (nSPS) is 9.41. The van der Waals surface area contributed by atoms with E-state index in [1.807, 2.05) is 62.7 Å². The minimum absolute atomic E-state index is 0. The van der Waals surface area contributed by atoms with E-state index in [2.05, 4.69) is 25.5 Å². The van der Waals surface area contributed by atoms with Gasteiger partial charge in [0.15, 0.2) is 12.4 Å². The minimum Gasteiger partial charge on any atom is -0.484 e. The molecular weight excluding hydrogens is 424 g/mol. The molecule has 2 N–H and O–H groups in total. The first kappa shape index (κ1) is 26.6. The van der Waals surface area contributed by atoms with Gasteiger partial charge in [0, 0.05) is 39.1 Å². The molecule has 0 radical (unpaired) electrons. The third-order valence-electron chi connectivity index (χ3n) is 3.90. The summed E-state index contributed by atoms with van der Waals surface area (Å²) in [4.78, 5) is 22.3. The van der Waals surface area contributed by atoms with E-state index in [9.17, 15) is 4.79 Å². The van der Waals surface area contributed by atoms with Crippen molar-refractivity contribution in [2.45, 2.75) is 21.3 Å². The van der Waals surface area contributed by atoms with Crippen molar-refractivity contribution in [1.82, 2.24) is 25.1 Å². The average Bonchev–Trinajstić information content (AvgIpc) is 3.53. The molecule has 0 saturated carbocycles. The molecule has 0 unspecified atom stereocenters. The molecule has 4 aromatic rings. The number of aromatic nitrogens is 4. The number of nitrogens with zero attached hydrogens (tertiary/aromatic N) is 4. The minimum atomic E-state index is -0.0891. The van der Waals surface area contributed by atoms with Crippen LogP contribution in [0.15, 0.2) is 54.2 Å². The van der Waals surface area contributed by atoms with Crippen molar-refractivity contribution in [2.75, 3.05) is 33.1 Å². The maximum Gasteiger partial charge on any atom is 0.259 e. The van der Waals surface area contributed by atoms with E-state index in [0.29, 0.717) is 11.6 Å². The molecular formula is C23H32N6O2S. The number of benzene rings is 1. The van der Waals surface area contributed by atoms with Gasteiger partial charge in [0.05, 0.1) is 10.2 Å². The number of rotatable bonds is 5. The number of carbonyl (C=O) groups excluding carboxylic acids is 1. The lowest BCUT2D eigenvalue weighted by Crippen LogP contribution is -2.27. The highest BCUT2D eigenvalue weighted by Gasteiger charge is 2.11. The summed E-state index contributed by atoms with van der Waals surface area (Å²) < 4.78 is 6.59. The van der Waals surface area contributed by atoms with Gasteiger partial charge in [0.2, 0.25) is 0 Å². The van der Waals surface area contributed by atoms with Gasteiger partial charge < -0.3 is 15.0 Å². The van der Waals surface area contributed by atoms with Gasteiger partial charge in [-0.2, -0.15) is 5.10 Å². The van der Waals surface area contributed by atoms with E-state index >= 15 is 0 Å². The highest BCUT2D eigenvalue weighted by Crippen LogP contribution is 2.29. The number of nitrogens with one attached hydrogen (secondary N) is 2. The van der Waals surface area contributed by atoms with Crippen molar-refractivity contribution < 1.29 is 9.53 Å². The first-order valence-electron chi connectivity index (χ1n) is 9.88. The standard InChI is InChI=1S/C17H18N4O2S.C3H4N2.C2H6.CH4/c1-18-17-15-13(7-8-24-15)19-16(20-17)11-5-4-6-12(9-11)23-10-14(22)21(2)3;1-2-4-5-3-1;1-2;/h4-9H,10H2,1-3H3,(H,18,19,20);1-3H,(H,4,5);1-2H3;1H4. The molecule has 9 heteroatoms. The number of carbonyl (C=O) groups is 1. The quantitative estimate of drug-likeness (QED) is 0.442. The van der Waals surface area contributed by atoms with Gasteiger partial charge in [0.25, 0.3) is 5.91 Å². The number of fused-ring (bicyclic) bond motifs is 1. The molecule has 0 atom stereocenters. The van der Waals surface area contributed by atoms with Crippen LogP contribution in [0.25, 0.3) is 21.6 Å². The van der Waals surface area contributed by atoms with Crippen LogP contribution in [-0.2, 0) is 4.79 Å². The fourth-order valence-electron chi connectivity index (χ4n) is 2.38. The Morgan fingerprint density at radius 2 is 1.97 bits per heavy atom. The van der Waals surface area contributed by atoms with Crippen molar-refractivity contribution >= 4 is 33.3 Å². The molecule has 4 rings (SSSR count). The Bertz CT molecular complexity index is 1050. The van der Waals surface area contributed by atoms with Crippen molar-refractivity contribution in [2.24, 2.45) is 0 Å². The Hall–Kier alpha value is -3.46. The topological polar surface area (TPSA) is 96.0 Å². The largest absolute Gasteiger partial charge is 0.484 e. The number of likely N-dealkylation sites (N-methyl/N-ethyl adjacent to an activating group) is 1. The molecule has 1 amide bonds. The molecule has 0 aliphatic heterocycles. The van der Waals surface area contributed by atoms with E-state index in [4.69, 9.17) is 4.74 Å². The molecule has 0 bridgehead atoms. The maximum atomic E-state index is 11.6. The first-order chi connectivity index (χ1) is 15.1. The lowest BCUT2D eigenvalue weighted by atomic mass is 10.2. The molecule has 172 valence electrons. The van der Waals surface area contributed by atoms with Crippen molar-refractivity contribution in [3.63, 3.8) is 0 Å². The van der Waals surface area contributed by atoms with Crippen molar-refractivity contribution in [1.29, 1.82) is 0 Å². The van der Waals surface area contributed by atoms with Gasteiger partial charge in [-0.1, -0.05) is 33.4 Å². The average molecular weight is 457 g/mol. The van der Waals surface area contributed by atoms with E-state index < -0.39 is 0 Å². The second-order valence-electron chi connectivity index (χ2n) is 6.15. The molecule has 0 saturated heterocycles. The summed E-state index contributed by atoms with van der Waals surface area (Å²) in [7, 11) is 5.24. The van der Waals surface area contributed by atoms with Crippen LogP contribution in [-0.4, -0.2) is 58.7 Å². The number of hydrogen-bond acceptors (Lipinski definition) is 7. The van der Waals surface area contributed by atoms with E-state index in [1.54, 1.807) is 37.8 Å². The SMILES string of the molecule is C.CC.CNc1nc(-c2cccc(OCC(=O)N(C)C)c2)nc2ccsc12.c1cn[nH]c1. The van der Waals surface area contributed by atoms with Crippen LogP contribution in [0.1, 0.15) is 21.3 Å². The van der Waals surface area contributed by atoms with Crippen LogP contribution in [0.2, 0.25) is 0 Å². The van der Waals surface area contributed by atoms with E-state index in [0.717, 1.165) is 21.6 Å². The molecule has 0 aliphatic rings. The molecule has 8 nitrogen and oxygen atoms in total. The molecule has 0 fully saturated rings. The smallest absolute Gasteiger partial charge is 0.259 e. The van der Waals surface area contributed by atoms with Crippen LogP contribution < -0.4 is 10.1 Å². The Balaban J connectivity index is 0.000000555. The van der Waals surface area contributed by atoms with E-state index in [-0.39, 0.29) is 19.9 Å².